The van der Waals surface area contributed by atoms with Crippen LogP contribution < -0.4 is 20.2 Å². The summed E-state index contributed by atoms with van der Waals surface area (Å²) in [6.45, 7) is 3.25. The minimum atomic E-state index is 0.492. The summed E-state index contributed by atoms with van der Waals surface area (Å²) < 4.78 is 11.2. The monoisotopic (exact) mass is 349 g/mol. The number of hydrogen-bond acceptors (Lipinski definition) is 5. The Morgan fingerprint density at radius 1 is 1.35 bits per heavy atom. The van der Waals surface area contributed by atoms with Gasteiger partial charge in [-0.3, -0.25) is 5.43 Å². The van der Waals surface area contributed by atoms with Crippen molar-refractivity contribution in [1.82, 2.24) is 10.7 Å². The third-order valence-electron chi connectivity index (χ3n) is 2.85. The average Bonchev–Trinajstić information content (AvgIpc) is 3.07. The fourth-order valence-electron chi connectivity index (χ4n) is 1.79. The molecule has 0 amide bonds. The van der Waals surface area contributed by atoms with E-state index >= 15 is 0 Å². The SMILES string of the molecule is CCNC(=S)N/N=C\c1ccc(OCc2cccs2)c(OC)c1. The Balaban J connectivity index is 1.98. The van der Waals surface area contributed by atoms with E-state index in [0.29, 0.717) is 23.2 Å². The van der Waals surface area contributed by atoms with E-state index in [1.807, 2.05) is 42.6 Å². The zero-order valence-electron chi connectivity index (χ0n) is 13.0. The molecule has 0 saturated carbocycles. The Morgan fingerprint density at radius 2 is 2.22 bits per heavy atom. The standard InChI is InChI=1S/C16H19N3O2S2/c1-3-17-16(22)19-18-10-12-6-7-14(15(9-12)20-2)21-11-13-5-4-8-23-13/h4-10H,3,11H2,1-2H3,(H2,17,19,22)/b18-10-. The van der Waals surface area contributed by atoms with Gasteiger partial charge in [-0.1, -0.05) is 6.07 Å². The highest BCUT2D eigenvalue weighted by Crippen LogP contribution is 2.28. The molecule has 0 saturated heterocycles. The summed E-state index contributed by atoms with van der Waals surface area (Å²) in [5.41, 5.74) is 3.63. The van der Waals surface area contributed by atoms with E-state index < -0.39 is 0 Å². The number of nitrogens with one attached hydrogen (secondary N) is 2. The van der Waals surface area contributed by atoms with Gasteiger partial charge in [0.1, 0.15) is 6.61 Å². The molecule has 2 N–H and O–H groups in total. The van der Waals surface area contributed by atoms with Gasteiger partial charge in [0, 0.05) is 11.4 Å². The van der Waals surface area contributed by atoms with Gasteiger partial charge in [-0.25, -0.2) is 0 Å². The van der Waals surface area contributed by atoms with Crippen LogP contribution in [0.4, 0.5) is 0 Å². The molecule has 122 valence electrons. The summed E-state index contributed by atoms with van der Waals surface area (Å²) in [5.74, 6) is 1.37. The Bertz CT molecular complexity index is 657. The van der Waals surface area contributed by atoms with Crippen LogP contribution in [0.3, 0.4) is 0 Å². The van der Waals surface area contributed by atoms with Crippen LogP contribution in [0.25, 0.3) is 0 Å². The first-order valence-electron chi connectivity index (χ1n) is 7.13. The lowest BCUT2D eigenvalue weighted by atomic mass is 10.2. The summed E-state index contributed by atoms with van der Waals surface area (Å²) in [7, 11) is 1.62. The number of hydrogen-bond donors (Lipinski definition) is 2. The van der Waals surface area contributed by atoms with E-state index in [1.54, 1.807) is 24.7 Å². The second-order valence-corrected chi connectivity index (χ2v) is 5.95. The van der Waals surface area contributed by atoms with Gasteiger partial charge in [0.05, 0.1) is 13.3 Å². The summed E-state index contributed by atoms with van der Waals surface area (Å²) in [6.07, 6.45) is 1.68. The highest BCUT2D eigenvalue weighted by Gasteiger charge is 2.06. The zero-order chi connectivity index (χ0) is 16.5. The quantitative estimate of drug-likeness (QED) is 0.457. The molecule has 0 aliphatic rings. The molecule has 0 fully saturated rings. The van der Waals surface area contributed by atoms with E-state index in [0.717, 1.165) is 12.1 Å². The van der Waals surface area contributed by atoms with Crippen LogP contribution in [0.1, 0.15) is 17.4 Å². The van der Waals surface area contributed by atoms with Gasteiger partial charge in [-0.15, -0.1) is 11.3 Å². The third kappa shape index (κ3) is 5.54. The lowest BCUT2D eigenvalue weighted by Crippen LogP contribution is -2.31. The van der Waals surface area contributed by atoms with Crippen molar-refractivity contribution in [2.45, 2.75) is 13.5 Å². The van der Waals surface area contributed by atoms with Crippen molar-refractivity contribution >= 4 is 34.9 Å². The lowest BCUT2D eigenvalue weighted by molar-refractivity contribution is 0.287. The molecular weight excluding hydrogens is 330 g/mol. The highest BCUT2D eigenvalue weighted by molar-refractivity contribution is 7.80. The van der Waals surface area contributed by atoms with Crippen molar-refractivity contribution in [2.75, 3.05) is 13.7 Å². The summed E-state index contributed by atoms with van der Waals surface area (Å²) in [6, 6.07) is 9.69. The molecule has 0 atom stereocenters. The predicted octanol–water partition coefficient (Wildman–Crippen LogP) is 3.15. The normalized spacial score (nSPS) is 10.5. The number of thiocarbonyl (C=S) groups is 1. The molecular formula is C16H19N3O2S2. The van der Waals surface area contributed by atoms with Gasteiger partial charge < -0.3 is 14.8 Å². The maximum Gasteiger partial charge on any atom is 0.186 e. The maximum atomic E-state index is 5.80. The van der Waals surface area contributed by atoms with Crippen LogP contribution in [0.15, 0.2) is 40.8 Å². The maximum absolute atomic E-state index is 5.80. The van der Waals surface area contributed by atoms with Gasteiger partial charge in [-0.2, -0.15) is 5.10 Å². The number of ether oxygens (including phenoxy) is 2. The second kappa shape index (κ2) is 9.12. The third-order valence-corrected chi connectivity index (χ3v) is 3.94. The number of hydrazone groups is 1. The minimum Gasteiger partial charge on any atom is -0.493 e. The van der Waals surface area contributed by atoms with E-state index in [4.69, 9.17) is 21.7 Å². The van der Waals surface area contributed by atoms with Crippen LogP contribution in [0.5, 0.6) is 11.5 Å². The van der Waals surface area contributed by atoms with E-state index in [-0.39, 0.29) is 0 Å². The smallest absolute Gasteiger partial charge is 0.186 e. The van der Waals surface area contributed by atoms with Crippen molar-refractivity contribution in [3.05, 3.63) is 46.2 Å². The molecule has 2 rings (SSSR count). The number of rotatable bonds is 7. The van der Waals surface area contributed by atoms with Crippen LogP contribution in [0.2, 0.25) is 0 Å². The Morgan fingerprint density at radius 3 is 2.91 bits per heavy atom. The molecule has 0 radical (unpaired) electrons. The molecule has 5 nitrogen and oxygen atoms in total. The molecule has 7 heteroatoms. The van der Waals surface area contributed by atoms with Crippen molar-refractivity contribution in [3.63, 3.8) is 0 Å². The molecule has 1 aromatic carbocycles. The van der Waals surface area contributed by atoms with Gasteiger partial charge in [0.15, 0.2) is 16.6 Å². The average molecular weight is 349 g/mol. The molecule has 1 aromatic heterocycles. The van der Waals surface area contributed by atoms with E-state index in [2.05, 4.69) is 15.8 Å². The molecule has 0 aliphatic carbocycles. The first kappa shape index (κ1) is 17.2. The fourth-order valence-corrected chi connectivity index (χ4v) is 2.61. The lowest BCUT2D eigenvalue weighted by Gasteiger charge is -2.10. The summed E-state index contributed by atoms with van der Waals surface area (Å²) in [5, 5.41) is 9.56. The minimum absolute atomic E-state index is 0.492. The first-order valence-corrected chi connectivity index (χ1v) is 8.42. The molecule has 0 aliphatic heterocycles. The highest BCUT2D eigenvalue weighted by atomic mass is 32.1. The molecule has 0 spiro atoms. The molecule has 0 unspecified atom stereocenters. The number of benzene rings is 1. The van der Waals surface area contributed by atoms with Crippen molar-refractivity contribution in [3.8, 4) is 11.5 Å². The largest absolute Gasteiger partial charge is 0.493 e. The van der Waals surface area contributed by atoms with Gasteiger partial charge >= 0.3 is 0 Å². The second-order valence-electron chi connectivity index (χ2n) is 4.51. The molecule has 0 bridgehead atoms. The Hall–Kier alpha value is -2.12. The van der Waals surface area contributed by atoms with Crippen LogP contribution in [-0.4, -0.2) is 25.0 Å². The van der Waals surface area contributed by atoms with Gasteiger partial charge in [0.25, 0.3) is 0 Å². The van der Waals surface area contributed by atoms with E-state index in [1.165, 1.54) is 4.88 Å². The van der Waals surface area contributed by atoms with Crippen LogP contribution >= 0.6 is 23.6 Å². The van der Waals surface area contributed by atoms with Crippen LogP contribution in [0, 0.1) is 0 Å². The molecule has 1 heterocycles. The van der Waals surface area contributed by atoms with E-state index in [9.17, 15) is 0 Å². The number of methoxy groups -OCH3 is 1. The Kier molecular flexibility index (Phi) is 6.83. The Labute approximate surface area is 145 Å². The summed E-state index contributed by atoms with van der Waals surface area (Å²) in [4.78, 5) is 1.17. The summed E-state index contributed by atoms with van der Waals surface area (Å²) >= 11 is 6.69. The van der Waals surface area contributed by atoms with Gasteiger partial charge in [0.2, 0.25) is 0 Å². The van der Waals surface area contributed by atoms with Crippen molar-refractivity contribution < 1.29 is 9.47 Å². The van der Waals surface area contributed by atoms with Crippen molar-refractivity contribution in [2.24, 2.45) is 5.10 Å². The molecule has 23 heavy (non-hydrogen) atoms. The zero-order valence-corrected chi connectivity index (χ0v) is 14.7. The topological polar surface area (TPSA) is 54.9 Å². The molecule has 2 aromatic rings. The van der Waals surface area contributed by atoms with Crippen molar-refractivity contribution in [1.29, 1.82) is 0 Å². The fraction of sp³-hybridized carbons (Fsp3) is 0.250. The predicted molar refractivity (Wildman–Crippen MR) is 98.6 cm³/mol. The number of nitrogens with zero attached hydrogens (tertiary/aromatic N) is 1. The van der Waals surface area contributed by atoms with Crippen LogP contribution in [-0.2, 0) is 6.61 Å². The number of thiophene rings is 1. The van der Waals surface area contributed by atoms with Gasteiger partial charge in [-0.05, 0) is 54.4 Å². The first-order chi connectivity index (χ1) is 11.2.